The van der Waals surface area contributed by atoms with Gasteiger partial charge in [0.05, 0.1) is 25.4 Å². The van der Waals surface area contributed by atoms with Crippen molar-refractivity contribution in [3.05, 3.63) is 24.3 Å². The maximum Gasteiger partial charge on any atom is 0.220 e. The molecule has 1 amide bonds. The first kappa shape index (κ1) is 58.7. The number of carbonyl (C=O) groups is 1. The van der Waals surface area contributed by atoms with E-state index in [1.807, 2.05) is 6.08 Å². The third-order valence-corrected chi connectivity index (χ3v) is 12.8. The van der Waals surface area contributed by atoms with Crippen LogP contribution in [0.15, 0.2) is 24.3 Å². The van der Waals surface area contributed by atoms with Gasteiger partial charge < -0.3 is 40.3 Å². The fourth-order valence-electron chi connectivity index (χ4n) is 8.53. The lowest BCUT2D eigenvalue weighted by molar-refractivity contribution is -0.302. The first-order chi connectivity index (χ1) is 30.3. The zero-order valence-corrected chi connectivity index (χ0v) is 40.4. The molecule has 1 fully saturated rings. The van der Waals surface area contributed by atoms with Gasteiger partial charge in [-0.1, -0.05) is 237 Å². The molecule has 0 radical (unpaired) electrons. The van der Waals surface area contributed by atoms with E-state index in [4.69, 9.17) is 9.47 Å². The monoisotopic (exact) mass is 880 g/mol. The molecule has 1 heterocycles. The zero-order valence-electron chi connectivity index (χ0n) is 40.4. The second-order valence-corrected chi connectivity index (χ2v) is 18.7. The molecule has 1 aliphatic heterocycles. The Kier molecular flexibility index (Phi) is 41.2. The number of carbonyl (C=O) groups excluding carboxylic acids is 1. The van der Waals surface area contributed by atoms with Crippen LogP contribution in [0, 0.1) is 0 Å². The topological polar surface area (TPSA) is 149 Å². The summed E-state index contributed by atoms with van der Waals surface area (Å²) in [4.78, 5) is 12.9. The molecule has 7 atom stereocenters. The predicted octanol–water partition coefficient (Wildman–Crippen LogP) is 12.2. The van der Waals surface area contributed by atoms with Gasteiger partial charge in [0.1, 0.15) is 24.4 Å². The molecule has 0 aromatic carbocycles. The van der Waals surface area contributed by atoms with Crippen molar-refractivity contribution in [2.45, 2.75) is 294 Å². The van der Waals surface area contributed by atoms with Gasteiger partial charge in [-0.25, -0.2) is 0 Å². The third-order valence-electron chi connectivity index (χ3n) is 12.8. The number of allylic oxidation sites excluding steroid dienone is 3. The van der Waals surface area contributed by atoms with E-state index in [2.05, 4.69) is 31.3 Å². The minimum atomic E-state index is -1.57. The van der Waals surface area contributed by atoms with Gasteiger partial charge in [0.25, 0.3) is 0 Å². The molecule has 1 saturated heterocycles. The van der Waals surface area contributed by atoms with Crippen LogP contribution in [0.2, 0.25) is 0 Å². The largest absolute Gasteiger partial charge is 0.394 e. The summed E-state index contributed by atoms with van der Waals surface area (Å²) in [5.41, 5.74) is 0. The minimum Gasteiger partial charge on any atom is -0.394 e. The van der Waals surface area contributed by atoms with Crippen molar-refractivity contribution in [1.29, 1.82) is 0 Å². The number of aliphatic hydroxyl groups is 5. The van der Waals surface area contributed by atoms with Gasteiger partial charge in [-0.05, 0) is 32.1 Å². The number of nitrogens with one attached hydrogen (secondary N) is 1. The maximum absolute atomic E-state index is 12.9. The summed E-state index contributed by atoms with van der Waals surface area (Å²) in [7, 11) is 0. The van der Waals surface area contributed by atoms with Crippen LogP contribution in [-0.2, 0) is 14.3 Å². The summed E-state index contributed by atoms with van der Waals surface area (Å²) in [6.45, 7) is 3.75. The lowest BCUT2D eigenvalue weighted by Crippen LogP contribution is -2.60. The van der Waals surface area contributed by atoms with Gasteiger partial charge in [-0.15, -0.1) is 0 Å². The number of amides is 1. The predicted molar refractivity (Wildman–Crippen MR) is 258 cm³/mol. The Morgan fingerprint density at radius 1 is 0.532 bits per heavy atom. The lowest BCUT2D eigenvalue weighted by atomic mass is 9.99. The van der Waals surface area contributed by atoms with E-state index in [1.54, 1.807) is 6.08 Å². The van der Waals surface area contributed by atoms with E-state index in [1.165, 1.54) is 193 Å². The Bertz CT molecular complexity index is 1020. The number of unbranched alkanes of at least 4 members (excludes halogenated alkanes) is 33. The Morgan fingerprint density at radius 3 is 1.35 bits per heavy atom. The van der Waals surface area contributed by atoms with Crippen molar-refractivity contribution in [2.75, 3.05) is 13.2 Å². The molecule has 366 valence electrons. The van der Waals surface area contributed by atoms with Gasteiger partial charge in [0.15, 0.2) is 6.29 Å². The van der Waals surface area contributed by atoms with Crippen LogP contribution >= 0.6 is 0 Å². The summed E-state index contributed by atoms with van der Waals surface area (Å²) in [5.74, 6) is -0.188. The highest BCUT2D eigenvalue weighted by Gasteiger charge is 2.44. The summed E-state index contributed by atoms with van der Waals surface area (Å²) in [5, 5.41) is 54.2. The Hall–Kier alpha value is -1.33. The fraction of sp³-hybridized carbons (Fsp3) is 0.906. The smallest absolute Gasteiger partial charge is 0.220 e. The van der Waals surface area contributed by atoms with Gasteiger partial charge >= 0.3 is 0 Å². The molecule has 0 saturated carbocycles. The van der Waals surface area contributed by atoms with E-state index in [0.29, 0.717) is 6.42 Å². The highest BCUT2D eigenvalue weighted by molar-refractivity contribution is 5.76. The maximum atomic E-state index is 12.9. The summed E-state index contributed by atoms with van der Waals surface area (Å²) < 4.78 is 11.2. The minimum absolute atomic E-state index is 0.188. The van der Waals surface area contributed by atoms with Crippen molar-refractivity contribution in [1.82, 2.24) is 5.32 Å². The number of hydrogen-bond acceptors (Lipinski definition) is 8. The van der Waals surface area contributed by atoms with Gasteiger partial charge in [-0.2, -0.15) is 0 Å². The van der Waals surface area contributed by atoms with Crippen LogP contribution in [0.1, 0.15) is 251 Å². The quantitative estimate of drug-likeness (QED) is 0.0262. The molecular weight excluding hydrogens is 779 g/mol. The molecule has 6 N–H and O–H groups in total. The molecule has 1 aliphatic rings. The number of rotatable bonds is 45. The Labute approximate surface area is 381 Å². The molecule has 9 nitrogen and oxygen atoms in total. The van der Waals surface area contributed by atoms with Crippen molar-refractivity contribution in [2.24, 2.45) is 0 Å². The van der Waals surface area contributed by atoms with Crippen LogP contribution in [0.5, 0.6) is 0 Å². The van der Waals surface area contributed by atoms with Crippen LogP contribution in [0.4, 0.5) is 0 Å². The molecule has 0 aliphatic carbocycles. The lowest BCUT2D eigenvalue weighted by Gasteiger charge is -2.40. The first-order valence-electron chi connectivity index (χ1n) is 26.6. The van der Waals surface area contributed by atoms with E-state index in [9.17, 15) is 30.3 Å². The van der Waals surface area contributed by atoms with E-state index < -0.39 is 49.5 Å². The second kappa shape index (κ2) is 43.6. The highest BCUT2D eigenvalue weighted by Crippen LogP contribution is 2.23. The number of ether oxygens (including phenoxy) is 2. The van der Waals surface area contributed by atoms with Crippen molar-refractivity contribution >= 4 is 5.91 Å². The number of hydrogen-bond donors (Lipinski definition) is 6. The molecule has 0 bridgehead atoms. The second-order valence-electron chi connectivity index (χ2n) is 18.7. The van der Waals surface area contributed by atoms with Crippen LogP contribution in [-0.4, -0.2) is 87.5 Å². The molecular formula is C53H101NO8. The van der Waals surface area contributed by atoms with Crippen LogP contribution in [0.3, 0.4) is 0 Å². The average Bonchev–Trinajstić information content (AvgIpc) is 3.27. The SMILES string of the molecule is CCCCCCCCCCCCCCCCCCCCCCCCCC/C=C/CC/C=C/C(O)C(COC1OC(CO)C(O)C(O)C1O)NC(=O)CCCCCCCCCCC. The van der Waals surface area contributed by atoms with Crippen molar-refractivity contribution in [3.63, 3.8) is 0 Å². The third kappa shape index (κ3) is 33.2. The van der Waals surface area contributed by atoms with Crippen molar-refractivity contribution in [3.8, 4) is 0 Å². The molecule has 62 heavy (non-hydrogen) atoms. The molecule has 1 rings (SSSR count). The highest BCUT2D eigenvalue weighted by atomic mass is 16.7. The zero-order chi connectivity index (χ0) is 45.1. The molecule has 0 spiro atoms. The first-order valence-corrected chi connectivity index (χ1v) is 26.6. The van der Waals surface area contributed by atoms with E-state index >= 15 is 0 Å². The van der Waals surface area contributed by atoms with Crippen LogP contribution < -0.4 is 5.32 Å². The Balaban J connectivity index is 2.16. The van der Waals surface area contributed by atoms with E-state index in [0.717, 1.165) is 38.5 Å². The van der Waals surface area contributed by atoms with E-state index in [-0.39, 0.29) is 12.5 Å². The number of aliphatic hydroxyl groups excluding tert-OH is 5. The Morgan fingerprint density at radius 2 is 0.919 bits per heavy atom. The average molecular weight is 880 g/mol. The summed E-state index contributed by atoms with van der Waals surface area (Å²) >= 11 is 0. The van der Waals surface area contributed by atoms with Crippen molar-refractivity contribution < 1.29 is 39.8 Å². The molecule has 7 unspecified atom stereocenters. The summed E-state index contributed by atoms with van der Waals surface area (Å²) in [6, 6.07) is -0.816. The standard InChI is InChI=1S/C53H101NO8/c1-3-5-7-9-11-13-14-15-16-17-18-19-20-21-22-23-24-25-26-27-28-29-30-31-32-33-35-36-38-40-42-47(56)46(45-61-53-52(60)51(59)50(58)48(44-55)62-53)54-49(57)43-41-39-37-34-12-10-8-6-4-2/h33,35,40,42,46-48,50-53,55-56,58-60H,3-32,34,36-39,41,43-45H2,1-2H3,(H,54,57)/b35-33+,42-40+. The fourth-order valence-corrected chi connectivity index (χ4v) is 8.53. The molecule has 0 aromatic rings. The molecule has 9 heteroatoms. The van der Waals surface area contributed by atoms with Gasteiger partial charge in [0.2, 0.25) is 5.91 Å². The molecule has 0 aromatic heterocycles. The summed E-state index contributed by atoms with van der Waals surface area (Å²) in [6.07, 6.45) is 47.0. The van der Waals surface area contributed by atoms with Crippen LogP contribution in [0.25, 0.3) is 0 Å². The van der Waals surface area contributed by atoms with Gasteiger partial charge in [0, 0.05) is 6.42 Å². The normalized spacial score (nSPS) is 20.4. The van der Waals surface area contributed by atoms with Gasteiger partial charge in [-0.3, -0.25) is 4.79 Å².